The highest BCUT2D eigenvalue weighted by molar-refractivity contribution is 5.78. The molecule has 0 amide bonds. The van der Waals surface area contributed by atoms with E-state index in [1.54, 1.807) is 0 Å². The molecule has 5 nitrogen and oxygen atoms in total. The van der Waals surface area contributed by atoms with Gasteiger partial charge in [-0.25, -0.2) is 9.97 Å². The van der Waals surface area contributed by atoms with Gasteiger partial charge in [0, 0.05) is 56.4 Å². The Labute approximate surface area is 154 Å². The molecule has 1 aliphatic rings. The van der Waals surface area contributed by atoms with Crippen LogP contribution in [0.5, 0.6) is 0 Å². The van der Waals surface area contributed by atoms with Gasteiger partial charge in [-0.05, 0) is 29.8 Å². The molecular weight excluding hydrogens is 322 g/mol. The fraction of sp³-hybridized carbons (Fsp3) is 0.381. The van der Waals surface area contributed by atoms with E-state index in [4.69, 9.17) is 4.98 Å². The summed E-state index contributed by atoms with van der Waals surface area (Å²) < 4.78 is 0. The van der Waals surface area contributed by atoms with E-state index in [-0.39, 0.29) is 0 Å². The Hall–Kier alpha value is -2.53. The molecule has 0 radical (unpaired) electrons. The Kier molecular flexibility index (Phi) is 4.80. The number of fused-ring (bicyclic) bond motifs is 1. The summed E-state index contributed by atoms with van der Waals surface area (Å²) in [7, 11) is 0. The summed E-state index contributed by atoms with van der Waals surface area (Å²) in [5.41, 5.74) is 2.41. The maximum atomic E-state index is 4.73. The van der Waals surface area contributed by atoms with Gasteiger partial charge in [-0.1, -0.05) is 26.0 Å². The van der Waals surface area contributed by atoms with Crippen molar-refractivity contribution in [1.29, 1.82) is 0 Å². The summed E-state index contributed by atoms with van der Waals surface area (Å²) in [6.45, 7) is 9.36. The van der Waals surface area contributed by atoms with Crippen molar-refractivity contribution in [2.75, 3.05) is 31.1 Å². The Morgan fingerprint density at radius 3 is 2.62 bits per heavy atom. The Bertz CT molecular complexity index is 884. The molecule has 0 unspecified atom stereocenters. The number of rotatable bonds is 4. The van der Waals surface area contributed by atoms with Gasteiger partial charge in [0.2, 0.25) is 0 Å². The van der Waals surface area contributed by atoms with Gasteiger partial charge in [0.15, 0.2) is 0 Å². The second-order valence-electron chi connectivity index (χ2n) is 7.22. The highest BCUT2D eigenvalue weighted by atomic mass is 15.3. The van der Waals surface area contributed by atoms with Crippen LogP contribution in [0.25, 0.3) is 10.9 Å². The average Bonchev–Trinajstić information content (AvgIpc) is 2.68. The van der Waals surface area contributed by atoms with Gasteiger partial charge in [-0.3, -0.25) is 9.88 Å². The smallest absolute Gasteiger partial charge is 0.133 e. The van der Waals surface area contributed by atoms with E-state index in [0.717, 1.165) is 49.9 Å². The van der Waals surface area contributed by atoms with Crippen LogP contribution in [0.1, 0.15) is 31.2 Å². The van der Waals surface area contributed by atoms with Crippen molar-refractivity contribution in [3.8, 4) is 0 Å². The van der Waals surface area contributed by atoms with Gasteiger partial charge in [0.05, 0.1) is 5.52 Å². The number of pyridine rings is 1. The van der Waals surface area contributed by atoms with E-state index in [1.807, 2.05) is 24.5 Å². The van der Waals surface area contributed by atoms with Gasteiger partial charge >= 0.3 is 0 Å². The lowest BCUT2D eigenvalue weighted by Gasteiger charge is -2.35. The van der Waals surface area contributed by atoms with E-state index >= 15 is 0 Å². The van der Waals surface area contributed by atoms with Gasteiger partial charge in [0.25, 0.3) is 0 Å². The lowest BCUT2D eigenvalue weighted by molar-refractivity contribution is 0.249. The van der Waals surface area contributed by atoms with Crippen LogP contribution in [0.4, 0.5) is 5.82 Å². The Morgan fingerprint density at radius 1 is 0.962 bits per heavy atom. The number of hydrogen-bond donors (Lipinski definition) is 0. The molecule has 1 fully saturated rings. The largest absolute Gasteiger partial charge is 0.354 e. The zero-order chi connectivity index (χ0) is 17.9. The molecule has 1 aromatic carbocycles. The van der Waals surface area contributed by atoms with Gasteiger partial charge in [-0.15, -0.1) is 0 Å². The van der Waals surface area contributed by atoms with E-state index in [0.29, 0.717) is 5.92 Å². The lowest BCUT2D eigenvalue weighted by Crippen LogP contribution is -2.46. The number of piperazine rings is 1. The highest BCUT2D eigenvalue weighted by Gasteiger charge is 2.19. The van der Waals surface area contributed by atoms with Crippen LogP contribution in [-0.2, 0) is 6.54 Å². The molecule has 26 heavy (non-hydrogen) atoms. The van der Waals surface area contributed by atoms with Gasteiger partial charge < -0.3 is 4.90 Å². The van der Waals surface area contributed by atoms with Crippen LogP contribution in [0.2, 0.25) is 0 Å². The van der Waals surface area contributed by atoms with E-state index in [9.17, 15) is 0 Å². The normalized spacial score (nSPS) is 15.7. The molecular formula is C21H25N5. The van der Waals surface area contributed by atoms with Crippen molar-refractivity contribution >= 4 is 16.7 Å². The minimum absolute atomic E-state index is 0.360. The van der Waals surface area contributed by atoms with Crippen molar-refractivity contribution in [3.63, 3.8) is 0 Å². The fourth-order valence-electron chi connectivity index (χ4n) is 3.43. The minimum Gasteiger partial charge on any atom is -0.354 e. The van der Waals surface area contributed by atoms with Gasteiger partial charge in [-0.2, -0.15) is 0 Å². The standard InChI is InChI=1S/C21H25N5/c1-16(2)21-23-9-7-20(24-21)26-12-10-25(11-13-26)15-17-5-6-19-18(14-17)4-3-8-22-19/h3-9,14,16H,10-13,15H2,1-2H3. The van der Waals surface area contributed by atoms with E-state index in [2.05, 4.69) is 57.9 Å². The molecule has 0 bridgehead atoms. The Balaban J connectivity index is 1.39. The molecule has 0 spiro atoms. The molecule has 134 valence electrons. The number of aromatic nitrogens is 3. The highest BCUT2D eigenvalue weighted by Crippen LogP contribution is 2.19. The van der Waals surface area contributed by atoms with Crippen LogP contribution in [-0.4, -0.2) is 46.0 Å². The van der Waals surface area contributed by atoms with Crippen LogP contribution < -0.4 is 4.90 Å². The summed E-state index contributed by atoms with van der Waals surface area (Å²) in [4.78, 5) is 18.4. The number of benzene rings is 1. The van der Waals surface area contributed by atoms with Crippen molar-refractivity contribution in [2.45, 2.75) is 26.3 Å². The van der Waals surface area contributed by atoms with Crippen molar-refractivity contribution in [1.82, 2.24) is 19.9 Å². The third-order valence-corrected chi connectivity index (χ3v) is 4.95. The van der Waals surface area contributed by atoms with E-state index in [1.165, 1.54) is 10.9 Å². The van der Waals surface area contributed by atoms with Crippen LogP contribution in [0.15, 0.2) is 48.8 Å². The summed E-state index contributed by atoms with van der Waals surface area (Å²) in [6, 6.07) is 12.7. The third kappa shape index (κ3) is 3.68. The molecule has 2 aromatic heterocycles. The summed E-state index contributed by atoms with van der Waals surface area (Å²) in [5, 5.41) is 1.21. The maximum Gasteiger partial charge on any atom is 0.133 e. The first kappa shape index (κ1) is 16.9. The number of anilines is 1. The molecule has 3 aromatic rings. The lowest BCUT2D eigenvalue weighted by atomic mass is 10.1. The topological polar surface area (TPSA) is 45.2 Å². The van der Waals surface area contributed by atoms with Crippen molar-refractivity contribution in [2.24, 2.45) is 0 Å². The fourth-order valence-corrected chi connectivity index (χ4v) is 3.43. The zero-order valence-corrected chi connectivity index (χ0v) is 15.5. The van der Waals surface area contributed by atoms with Crippen molar-refractivity contribution < 1.29 is 0 Å². The molecule has 3 heterocycles. The summed E-state index contributed by atoms with van der Waals surface area (Å²) >= 11 is 0. The number of hydrogen-bond acceptors (Lipinski definition) is 5. The van der Waals surface area contributed by atoms with Gasteiger partial charge in [0.1, 0.15) is 11.6 Å². The first-order valence-electron chi connectivity index (χ1n) is 9.33. The minimum atomic E-state index is 0.360. The van der Waals surface area contributed by atoms with Crippen LogP contribution >= 0.6 is 0 Å². The van der Waals surface area contributed by atoms with Crippen molar-refractivity contribution in [3.05, 3.63) is 60.2 Å². The summed E-state index contributed by atoms with van der Waals surface area (Å²) in [6.07, 6.45) is 3.73. The zero-order valence-electron chi connectivity index (χ0n) is 15.5. The molecule has 1 saturated heterocycles. The molecule has 1 aliphatic heterocycles. The molecule has 4 rings (SSSR count). The average molecular weight is 347 g/mol. The predicted octanol–water partition coefficient (Wildman–Crippen LogP) is 3.47. The predicted molar refractivity (Wildman–Crippen MR) is 105 cm³/mol. The Morgan fingerprint density at radius 2 is 1.81 bits per heavy atom. The molecule has 0 aliphatic carbocycles. The molecule has 0 N–H and O–H groups in total. The first-order valence-corrected chi connectivity index (χ1v) is 9.33. The number of nitrogens with zero attached hydrogens (tertiary/aromatic N) is 5. The molecule has 0 saturated carbocycles. The monoisotopic (exact) mass is 347 g/mol. The van der Waals surface area contributed by atoms with Crippen LogP contribution in [0, 0.1) is 0 Å². The second-order valence-corrected chi connectivity index (χ2v) is 7.22. The molecule has 0 atom stereocenters. The third-order valence-electron chi connectivity index (χ3n) is 4.95. The quantitative estimate of drug-likeness (QED) is 0.723. The first-order chi connectivity index (χ1) is 12.7. The summed E-state index contributed by atoms with van der Waals surface area (Å²) in [5.74, 6) is 2.34. The second kappa shape index (κ2) is 7.38. The SMILES string of the molecule is CC(C)c1nccc(N2CCN(Cc3ccc4ncccc4c3)CC2)n1. The maximum absolute atomic E-state index is 4.73. The molecule has 5 heteroatoms. The van der Waals surface area contributed by atoms with E-state index < -0.39 is 0 Å². The van der Waals surface area contributed by atoms with Crippen LogP contribution in [0.3, 0.4) is 0 Å².